The van der Waals surface area contributed by atoms with E-state index in [0.717, 1.165) is 0 Å². The van der Waals surface area contributed by atoms with Gasteiger partial charge >= 0.3 is 11.9 Å². The molecule has 0 bridgehead atoms. The minimum Gasteiger partial charge on any atom is -0.455 e. The van der Waals surface area contributed by atoms with Crippen LogP contribution < -0.4 is 0 Å². The van der Waals surface area contributed by atoms with Crippen LogP contribution in [0.5, 0.6) is 0 Å². The maximum atomic E-state index is 12.5. The van der Waals surface area contributed by atoms with Gasteiger partial charge in [-0.3, -0.25) is 9.59 Å². The summed E-state index contributed by atoms with van der Waals surface area (Å²) in [6, 6.07) is 0. The molecule has 1 N–H and O–H groups in total. The first-order valence-electron chi connectivity index (χ1n) is 9.43. The van der Waals surface area contributed by atoms with E-state index in [9.17, 15) is 19.5 Å². The van der Waals surface area contributed by atoms with Crippen LogP contribution in [0.15, 0.2) is 12.2 Å². The van der Waals surface area contributed by atoms with Crippen molar-refractivity contribution in [3.05, 3.63) is 12.2 Å². The first-order valence-corrected chi connectivity index (χ1v) is 9.43. The van der Waals surface area contributed by atoms with Crippen molar-refractivity contribution in [2.24, 2.45) is 17.8 Å². The summed E-state index contributed by atoms with van der Waals surface area (Å²) in [6.07, 6.45) is 0.374. The fraction of sp³-hybridized carbons (Fsp3) is 0.750. The Hall–Kier alpha value is -1.69. The Labute approximate surface area is 154 Å². The normalized spacial score (nSPS) is 36.9. The van der Waals surface area contributed by atoms with Crippen LogP contribution in [-0.2, 0) is 23.9 Å². The Morgan fingerprint density at radius 2 is 2.12 bits per heavy atom. The van der Waals surface area contributed by atoms with Crippen LogP contribution in [0.25, 0.3) is 0 Å². The third-order valence-electron chi connectivity index (χ3n) is 5.81. The third kappa shape index (κ3) is 4.17. The van der Waals surface area contributed by atoms with Crippen LogP contribution in [0.4, 0.5) is 0 Å². The van der Waals surface area contributed by atoms with Crippen LogP contribution in [-0.4, -0.2) is 40.6 Å². The van der Waals surface area contributed by atoms with E-state index in [1.165, 1.54) is 0 Å². The minimum atomic E-state index is -1.36. The molecule has 0 amide bonds. The summed E-state index contributed by atoms with van der Waals surface area (Å²) in [4.78, 5) is 37.0. The quantitative estimate of drug-likeness (QED) is 0.610. The van der Waals surface area contributed by atoms with E-state index in [1.807, 2.05) is 13.8 Å². The predicted molar refractivity (Wildman–Crippen MR) is 95.1 cm³/mol. The predicted octanol–water partition coefficient (Wildman–Crippen LogP) is 2.57. The average molecular weight is 366 g/mol. The van der Waals surface area contributed by atoms with Gasteiger partial charge in [0.2, 0.25) is 0 Å². The van der Waals surface area contributed by atoms with Gasteiger partial charge < -0.3 is 14.6 Å². The summed E-state index contributed by atoms with van der Waals surface area (Å²) >= 11 is 0. The van der Waals surface area contributed by atoms with Gasteiger partial charge in [-0.25, -0.2) is 4.79 Å². The van der Waals surface area contributed by atoms with Gasteiger partial charge in [-0.05, 0) is 32.6 Å². The molecular formula is C20H30O6. The number of fused-ring (bicyclic) bond motifs is 1. The van der Waals surface area contributed by atoms with Crippen molar-refractivity contribution in [2.45, 2.75) is 77.6 Å². The van der Waals surface area contributed by atoms with Crippen LogP contribution in [0.3, 0.4) is 0 Å². The van der Waals surface area contributed by atoms with Gasteiger partial charge in [-0.15, -0.1) is 0 Å². The molecule has 0 aromatic heterocycles. The number of rotatable bonds is 3. The summed E-state index contributed by atoms with van der Waals surface area (Å²) in [7, 11) is 0. The molecule has 0 radical (unpaired) electrons. The Morgan fingerprint density at radius 1 is 1.46 bits per heavy atom. The van der Waals surface area contributed by atoms with Gasteiger partial charge in [0, 0.05) is 23.8 Å². The Balaban J connectivity index is 2.39. The maximum Gasteiger partial charge on any atom is 0.334 e. The summed E-state index contributed by atoms with van der Waals surface area (Å²) in [6.45, 7) is 10.8. The average Bonchev–Trinajstić information content (AvgIpc) is 2.85. The number of aliphatic hydroxyl groups is 1. The summed E-state index contributed by atoms with van der Waals surface area (Å²) in [5, 5.41) is 11.0. The number of Topliss-reactive ketones (excluding diaryl/α,β-unsaturated/α-hetero) is 1. The summed E-state index contributed by atoms with van der Waals surface area (Å²) < 4.78 is 11.1. The molecule has 6 nitrogen and oxygen atoms in total. The van der Waals surface area contributed by atoms with E-state index in [-0.39, 0.29) is 29.6 Å². The van der Waals surface area contributed by atoms with E-state index in [1.54, 1.807) is 13.8 Å². The lowest BCUT2D eigenvalue weighted by Gasteiger charge is -2.38. The second-order valence-corrected chi connectivity index (χ2v) is 7.99. The van der Waals surface area contributed by atoms with E-state index >= 15 is 0 Å². The maximum absolute atomic E-state index is 12.5. The molecule has 6 heteroatoms. The molecule has 1 aliphatic heterocycles. The van der Waals surface area contributed by atoms with Crippen molar-refractivity contribution < 1.29 is 29.0 Å². The Kier molecular flexibility index (Phi) is 6.27. The monoisotopic (exact) mass is 366 g/mol. The molecule has 0 spiro atoms. The molecule has 1 heterocycles. The first-order chi connectivity index (χ1) is 12.1. The van der Waals surface area contributed by atoms with Gasteiger partial charge in [-0.2, -0.15) is 0 Å². The molecule has 1 saturated heterocycles. The number of ketones is 1. The number of esters is 2. The summed E-state index contributed by atoms with van der Waals surface area (Å²) in [5.74, 6) is -2.08. The zero-order valence-electron chi connectivity index (χ0n) is 16.1. The molecule has 146 valence electrons. The molecule has 0 aromatic carbocycles. The van der Waals surface area contributed by atoms with Crippen molar-refractivity contribution in [3.63, 3.8) is 0 Å². The van der Waals surface area contributed by atoms with Crippen LogP contribution >= 0.6 is 0 Å². The largest absolute Gasteiger partial charge is 0.455 e. The zero-order valence-corrected chi connectivity index (χ0v) is 16.1. The highest BCUT2D eigenvalue weighted by atomic mass is 16.6. The number of hydrogen-bond donors (Lipinski definition) is 1. The number of carbonyl (C=O) groups is 3. The molecule has 0 aromatic rings. The van der Waals surface area contributed by atoms with Crippen molar-refractivity contribution in [3.8, 4) is 0 Å². The smallest absolute Gasteiger partial charge is 0.334 e. The Bertz CT molecular complexity index is 593. The summed E-state index contributed by atoms with van der Waals surface area (Å²) in [5.41, 5.74) is -1.16. The van der Waals surface area contributed by atoms with Crippen molar-refractivity contribution in [2.75, 3.05) is 0 Å². The molecule has 2 fully saturated rings. The second-order valence-electron chi connectivity index (χ2n) is 7.99. The standard InChI is InChI=1S/C20H30O6/c1-6-11(2)18(22)26-17-16-14(13(4)19(23)25-16)10-15(21)12(3)8-7-9-20(17,5)24/h11-12,14,16-17,24H,4,6-10H2,1-3,5H3/t11-,12-,14+,16+,17-,20+/m0/s1. The molecule has 26 heavy (non-hydrogen) atoms. The van der Waals surface area contributed by atoms with E-state index < -0.39 is 35.7 Å². The minimum absolute atomic E-state index is 0.0352. The van der Waals surface area contributed by atoms with Crippen LogP contribution in [0.2, 0.25) is 0 Å². The number of carbonyl (C=O) groups excluding carboxylic acids is 3. The Morgan fingerprint density at radius 3 is 2.73 bits per heavy atom. The van der Waals surface area contributed by atoms with Gasteiger partial charge in [-0.1, -0.05) is 27.4 Å². The van der Waals surface area contributed by atoms with Gasteiger partial charge in [0.15, 0.2) is 6.10 Å². The third-order valence-corrected chi connectivity index (χ3v) is 5.81. The van der Waals surface area contributed by atoms with Crippen molar-refractivity contribution in [1.82, 2.24) is 0 Å². The lowest BCUT2D eigenvalue weighted by molar-refractivity contribution is -0.191. The molecule has 0 unspecified atom stereocenters. The fourth-order valence-corrected chi connectivity index (χ4v) is 3.59. The van der Waals surface area contributed by atoms with Gasteiger partial charge in [0.25, 0.3) is 0 Å². The van der Waals surface area contributed by atoms with Gasteiger partial charge in [0.05, 0.1) is 5.92 Å². The lowest BCUT2D eigenvalue weighted by atomic mass is 9.77. The zero-order chi connectivity index (χ0) is 19.6. The molecule has 6 atom stereocenters. The SMILES string of the molecule is C=C1C(=O)O[C@@H]2[C@@H]1CC(=O)[C@@H](C)CCC[C@@](C)(O)[C@H]2OC(=O)[C@@H](C)CC. The number of hydrogen-bond acceptors (Lipinski definition) is 6. The van der Waals surface area contributed by atoms with Crippen molar-refractivity contribution >= 4 is 17.7 Å². The second kappa shape index (κ2) is 7.91. The topological polar surface area (TPSA) is 89.9 Å². The fourth-order valence-electron chi connectivity index (χ4n) is 3.59. The first kappa shape index (κ1) is 20.6. The van der Waals surface area contributed by atoms with E-state index in [4.69, 9.17) is 9.47 Å². The lowest BCUT2D eigenvalue weighted by Crippen LogP contribution is -2.52. The van der Waals surface area contributed by atoms with Crippen LogP contribution in [0, 0.1) is 17.8 Å². The highest BCUT2D eigenvalue weighted by Gasteiger charge is 2.52. The molecule has 2 aliphatic rings. The number of ether oxygens (including phenoxy) is 2. The molecule has 2 rings (SSSR count). The molecular weight excluding hydrogens is 336 g/mol. The van der Waals surface area contributed by atoms with Crippen molar-refractivity contribution in [1.29, 1.82) is 0 Å². The molecule has 1 aliphatic carbocycles. The van der Waals surface area contributed by atoms with Gasteiger partial charge in [0.1, 0.15) is 17.5 Å². The van der Waals surface area contributed by atoms with E-state index in [2.05, 4.69) is 6.58 Å². The molecule has 1 saturated carbocycles. The van der Waals surface area contributed by atoms with Crippen LogP contribution in [0.1, 0.15) is 59.8 Å². The van der Waals surface area contributed by atoms with E-state index in [0.29, 0.717) is 25.7 Å². The highest BCUT2D eigenvalue weighted by molar-refractivity contribution is 5.93. The highest BCUT2D eigenvalue weighted by Crippen LogP contribution is 2.39.